The molecule has 1 N–H and O–H groups in total. The average Bonchev–Trinajstić information content (AvgIpc) is 2.99. The van der Waals surface area contributed by atoms with Crippen molar-refractivity contribution >= 4 is 24.5 Å². The topological polar surface area (TPSA) is 73.9 Å². The summed E-state index contributed by atoms with van der Waals surface area (Å²) in [5, 5.41) is 2.45. The molecule has 0 heterocycles. The van der Waals surface area contributed by atoms with Gasteiger partial charge in [0.05, 0.1) is 5.75 Å². The Hall–Kier alpha value is -4.73. The van der Waals surface area contributed by atoms with Crippen LogP contribution in [-0.2, 0) is 40.5 Å². The Morgan fingerprint density at radius 3 is 1.71 bits per heavy atom. The fraction of sp³-hybridized carbons (Fsp3) is 0.161. The zero-order valence-corrected chi connectivity index (χ0v) is 22.1. The number of halogens is 3. The van der Waals surface area contributed by atoms with Crippen molar-refractivity contribution < 1.29 is 36.7 Å². The molecular weight excluding hydrogens is 534 g/mol. The largest absolute Gasteiger partial charge is 0.513 e. The standard InChI is InChI=1S/C31H28BF3NO5/c33-32(34,35)27-18-26(16-17-29(27)39-20-23-10-4-1-5-11-23)19-28(30(37)40-21-24-12-6-2-7-13-24)36-31(38)41-22-25-14-8-3-9-15-25/h1-18,28H,19-22H2,(H,36,38)/q-1/t28-/m0/s1. The highest BCUT2D eigenvalue weighted by Gasteiger charge is 2.31. The van der Waals surface area contributed by atoms with Gasteiger partial charge in [-0.15, -0.1) is 0 Å². The van der Waals surface area contributed by atoms with Gasteiger partial charge in [0.15, 0.2) is 0 Å². The second-order valence-electron chi connectivity index (χ2n) is 9.28. The maximum absolute atomic E-state index is 14.0. The van der Waals surface area contributed by atoms with Crippen LogP contribution in [0.15, 0.2) is 109 Å². The van der Waals surface area contributed by atoms with Gasteiger partial charge in [0.2, 0.25) is 0 Å². The first-order chi connectivity index (χ1) is 19.8. The predicted octanol–water partition coefficient (Wildman–Crippen LogP) is 5.90. The highest BCUT2D eigenvalue weighted by atomic mass is 19.4. The van der Waals surface area contributed by atoms with Crippen molar-refractivity contribution in [2.45, 2.75) is 32.3 Å². The monoisotopic (exact) mass is 562 g/mol. The Morgan fingerprint density at radius 1 is 0.659 bits per heavy atom. The normalized spacial score (nSPS) is 11.8. The molecule has 212 valence electrons. The molecule has 0 saturated carbocycles. The molecule has 0 aliphatic heterocycles. The fourth-order valence-electron chi connectivity index (χ4n) is 4.01. The summed E-state index contributed by atoms with van der Waals surface area (Å²) in [7, 11) is 0. The Bertz CT molecular complexity index is 1420. The van der Waals surface area contributed by atoms with Crippen LogP contribution in [0.5, 0.6) is 5.75 Å². The maximum Gasteiger partial charge on any atom is 0.513 e. The van der Waals surface area contributed by atoms with Crippen LogP contribution in [-0.4, -0.2) is 25.1 Å². The maximum atomic E-state index is 14.0. The summed E-state index contributed by atoms with van der Waals surface area (Å²) in [5.74, 6) is -1.13. The second-order valence-corrected chi connectivity index (χ2v) is 9.28. The molecule has 4 aromatic carbocycles. The molecule has 4 aromatic rings. The summed E-state index contributed by atoms with van der Waals surface area (Å²) in [4.78, 5) is 25.6. The number of alkyl carbamates (subject to hydrolysis) is 1. The van der Waals surface area contributed by atoms with E-state index in [0.29, 0.717) is 5.56 Å². The van der Waals surface area contributed by atoms with Gasteiger partial charge >= 0.3 is 19.0 Å². The van der Waals surface area contributed by atoms with Crippen LogP contribution >= 0.6 is 0 Å². The van der Waals surface area contributed by atoms with E-state index < -0.39 is 30.5 Å². The molecule has 0 aliphatic carbocycles. The van der Waals surface area contributed by atoms with Crippen molar-refractivity contribution in [3.63, 3.8) is 0 Å². The van der Waals surface area contributed by atoms with Crippen molar-refractivity contribution in [1.82, 2.24) is 5.32 Å². The fourth-order valence-corrected chi connectivity index (χ4v) is 4.01. The Kier molecular flexibility index (Phi) is 10.0. The first-order valence-corrected chi connectivity index (χ1v) is 12.9. The van der Waals surface area contributed by atoms with E-state index in [0.717, 1.165) is 17.2 Å². The highest BCUT2D eigenvalue weighted by Crippen LogP contribution is 2.21. The summed E-state index contributed by atoms with van der Waals surface area (Å²) in [6, 6.07) is 28.9. The van der Waals surface area contributed by atoms with Gasteiger partial charge in [-0.2, -0.15) is 0 Å². The number of ether oxygens (including phenoxy) is 3. The van der Waals surface area contributed by atoms with Crippen LogP contribution in [0, 0.1) is 0 Å². The summed E-state index contributed by atoms with van der Waals surface area (Å²) >= 11 is 0. The molecule has 6 nitrogen and oxygen atoms in total. The van der Waals surface area contributed by atoms with Gasteiger partial charge < -0.3 is 32.5 Å². The smallest absolute Gasteiger partial charge is 0.492 e. The minimum absolute atomic E-state index is 0.0391. The van der Waals surface area contributed by atoms with Crippen molar-refractivity contribution in [2.24, 2.45) is 0 Å². The van der Waals surface area contributed by atoms with Crippen molar-refractivity contribution in [3.8, 4) is 5.75 Å². The lowest BCUT2D eigenvalue weighted by atomic mass is 9.78. The van der Waals surface area contributed by atoms with Crippen LogP contribution < -0.4 is 15.5 Å². The second kappa shape index (κ2) is 14.1. The molecule has 0 spiro atoms. The van der Waals surface area contributed by atoms with Crippen LogP contribution in [0.4, 0.5) is 17.7 Å². The number of rotatable bonds is 12. The molecule has 1 atom stereocenters. The van der Waals surface area contributed by atoms with Crippen LogP contribution in [0.2, 0.25) is 0 Å². The highest BCUT2D eigenvalue weighted by molar-refractivity contribution is 6.74. The Balaban J connectivity index is 1.49. The number of hydrogen-bond donors (Lipinski definition) is 1. The Labute approximate surface area is 236 Å². The number of hydrogen-bond acceptors (Lipinski definition) is 5. The molecule has 0 fully saturated rings. The molecule has 0 aromatic heterocycles. The third-order valence-electron chi connectivity index (χ3n) is 6.12. The number of esters is 1. The first kappa shape index (κ1) is 29.3. The zero-order chi connectivity index (χ0) is 29.1. The first-order valence-electron chi connectivity index (χ1n) is 12.9. The van der Waals surface area contributed by atoms with Gasteiger partial charge in [-0.3, -0.25) is 0 Å². The van der Waals surface area contributed by atoms with Gasteiger partial charge in [-0.05, 0) is 28.3 Å². The van der Waals surface area contributed by atoms with Gasteiger partial charge in [-0.1, -0.05) is 109 Å². The van der Waals surface area contributed by atoms with Crippen molar-refractivity contribution in [3.05, 3.63) is 131 Å². The van der Waals surface area contributed by atoms with E-state index in [1.165, 1.54) is 12.1 Å². The molecule has 0 radical (unpaired) electrons. The molecule has 0 unspecified atom stereocenters. The van der Waals surface area contributed by atoms with Gasteiger partial charge in [0, 0.05) is 6.42 Å². The molecule has 1 amide bonds. The average molecular weight is 562 g/mol. The lowest BCUT2D eigenvalue weighted by Crippen LogP contribution is -2.44. The SMILES string of the molecule is O=C(N[C@@H](Cc1ccc(OCc2ccccc2)c([B-](F)(F)F)c1)C(=O)OCc1ccccc1)OCc1ccccc1. The van der Waals surface area contributed by atoms with Crippen molar-refractivity contribution in [2.75, 3.05) is 0 Å². The van der Waals surface area contributed by atoms with E-state index in [1.807, 2.05) is 12.1 Å². The number of amides is 1. The van der Waals surface area contributed by atoms with E-state index in [4.69, 9.17) is 14.2 Å². The summed E-state index contributed by atoms with van der Waals surface area (Å²) in [5.41, 5.74) is 1.40. The Morgan fingerprint density at radius 2 is 1.17 bits per heavy atom. The number of carbonyl (C=O) groups excluding carboxylic acids is 2. The predicted molar refractivity (Wildman–Crippen MR) is 149 cm³/mol. The molecule has 0 bridgehead atoms. The molecule has 0 aliphatic rings. The third-order valence-corrected chi connectivity index (χ3v) is 6.12. The number of carbonyl (C=O) groups is 2. The van der Waals surface area contributed by atoms with Crippen LogP contribution in [0.25, 0.3) is 0 Å². The summed E-state index contributed by atoms with van der Waals surface area (Å²) < 4.78 is 58.2. The molecular formula is C31H28BF3NO5-. The quantitative estimate of drug-likeness (QED) is 0.172. The minimum atomic E-state index is -5.44. The van der Waals surface area contributed by atoms with E-state index in [2.05, 4.69) is 5.32 Å². The van der Waals surface area contributed by atoms with E-state index in [-0.39, 0.29) is 37.6 Å². The zero-order valence-electron chi connectivity index (χ0n) is 22.1. The van der Waals surface area contributed by atoms with Crippen LogP contribution in [0.3, 0.4) is 0 Å². The van der Waals surface area contributed by atoms with Crippen LogP contribution in [0.1, 0.15) is 22.3 Å². The number of benzene rings is 4. The van der Waals surface area contributed by atoms with E-state index >= 15 is 0 Å². The number of nitrogens with one attached hydrogen (secondary N) is 1. The van der Waals surface area contributed by atoms with Gasteiger partial charge in [0.25, 0.3) is 0 Å². The van der Waals surface area contributed by atoms with Gasteiger partial charge in [0.1, 0.15) is 25.9 Å². The summed E-state index contributed by atoms with van der Waals surface area (Å²) in [6.07, 6.45) is -1.16. The van der Waals surface area contributed by atoms with E-state index in [1.54, 1.807) is 78.9 Å². The lowest BCUT2D eigenvalue weighted by molar-refractivity contribution is -0.147. The molecule has 4 rings (SSSR count). The summed E-state index contributed by atoms with van der Waals surface area (Å²) in [6.45, 7) is -5.59. The van der Waals surface area contributed by atoms with Crippen molar-refractivity contribution in [1.29, 1.82) is 0 Å². The van der Waals surface area contributed by atoms with Gasteiger partial charge in [-0.25, -0.2) is 9.59 Å². The molecule has 41 heavy (non-hydrogen) atoms. The minimum Gasteiger partial charge on any atom is -0.492 e. The molecule has 10 heteroatoms. The molecule has 0 saturated heterocycles. The van der Waals surface area contributed by atoms with E-state index in [9.17, 15) is 22.5 Å². The third kappa shape index (κ3) is 9.17. The lowest BCUT2D eigenvalue weighted by Gasteiger charge is -2.23.